The highest BCUT2D eigenvalue weighted by atomic mass is 16.3. The predicted molar refractivity (Wildman–Crippen MR) is 71.0 cm³/mol. The van der Waals surface area contributed by atoms with Gasteiger partial charge >= 0.3 is 0 Å². The van der Waals surface area contributed by atoms with E-state index in [1.165, 1.54) is 25.7 Å². The molecule has 0 radical (unpaired) electrons. The SMILES string of the molecule is CCCn1nccc1C(O)CC1CC2CCC1C2. The first-order valence-electron chi connectivity index (χ1n) is 7.47. The lowest BCUT2D eigenvalue weighted by atomic mass is 9.84. The van der Waals surface area contributed by atoms with Gasteiger partial charge in [0, 0.05) is 12.7 Å². The molecular formula is C15H24N2O. The summed E-state index contributed by atoms with van der Waals surface area (Å²) in [6.07, 6.45) is 9.11. The van der Waals surface area contributed by atoms with Gasteiger partial charge in [0.25, 0.3) is 0 Å². The molecule has 3 nitrogen and oxygen atoms in total. The Morgan fingerprint density at radius 1 is 1.44 bits per heavy atom. The van der Waals surface area contributed by atoms with Gasteiger partial charge in [0.15, 0.2) is 0 Å². The van der Waals surface area contributed by atoms with Gasteiger partial charge in [-0.05, 0) is 55.9 Å². The summed E-state index contributed by atoms with van der Waals surface area (Å²) in [6.45, 7) is 3.06. The Morgan fingerprint density at radius 2 is 2.33 bits per heavy atom. The number of hydrogen-bond acceptors (Lipinski definition) is 2. The highest BCUT2D eigenvalue weighted by Gasteiger charge is 2.40. The second kappa shape index (κ2) is 5.04. The van der Waals surface area contributed by atoms with Crippen molar-refractivity contribution >= 4 is 0 Å². The normalized spacial score (nSPS) is 32.0. The largest absolute Gasteiger partial charge is 0.387 e. The predicted octanol–water partition coefficient (Wildman–Crippen LogP) is 3.15. The zero-order valence-corrected chi connectivity index (χ0v) is 11.3. The van der Waals surface area contributed by atoms with Crippen molar-refractivity contribution in [2.24, 2.45) is 17.8 Å². The van der Waals surface area contributed by atoms with Crippen LogP contribution in [0, 0.1) is 17.8 Å². The van der Waals surface area contributed by atoms with Gasteiger partial charge in [-0.3, -0.25) is 4.68 Å². The number of aliphatic hydroxyl groups excluding tert-OH is 1. The molecule has 0 saturated heterocycles. The van der Waals surface area contributed by atoms with Gasteiger partial charge in [0.2, 0.25) is 0 Å². The van der Waals surface area contributed by atoms with Crippen LogP contribution in [0.2, 0.25) is 0 Å². The van der Waals surface area contributed by atoms with E-state index in [4.69, 9.17) is 0 Å². The maximum Gasteiger partial charge on any atom is 0.0959 e. The van der Waals surface area contributed by atoms with Crippen molar-refractivity contribution in [2.75, 3.05) is 0 Å². The fourth-order valence-electron chi connectivity index (χ4n) is 4.10. The van der Waals surface area contributed by atoms with Crippen molar-refractivity contribution in [1.29, 1.82) is 0 Å². The summed E-state index contributed by atoms with van der Waals surface area (Å²) in [4.78, 5) is 0. The zero-order chi connectivity index (χ0) is 12.5. The van der Waals surface area contributed by atoms with Crippen LogP contribution in [0.15, 0.2) is 12.3 Å². The van der Waals surface area contributed by atoms with E-state index in [1.54, 1.807) is 0 Å². The second-order valence-electron chi connectivity index (χ2n) is 6.17. The maximum atomic E-state index is 10.4. The lowest BCUT2D eigenvalue weighted by Gasteiger charge is -2.24. The third-order valence-corrected chi connectivity index (χ3v) is 4.94. The van der Waals surface area contributed by atoms with Gasteiger partial charge in [-0.1, -0.05) is 13.3 Å². The third-order valence-electron chi connectivity index (χ3n) is 4.94. The summed E-state index contributed by atoms with van der Waals surface area (Å²) in [5.74, 6) is 2.61. The van der Waals surface area contributed by atoms with Gasteiger partial charge in [-0.2, -0.15) is 5.10 Å². The van der Waals surface area contributed by atoms with Gasteiger partial charge in [-0.25, -0.2) is 0 Å². The summed E-state index contributed by atoms with van der Waals surface area (Å²) >= 11 is 0. The number of fused-ring (bicyclic) bond motifs is 2. The molecule has 0 aromatic carbocycles. The summed E-state index contributed by atoms with van der Waals surface area (Å²) in [5, 5.41) is 14.8. The molecule has 2 fully saturated rings. The van der Waals surface area contributed by atoms with E-state index in [0.29, 0.717) is 0 Å². The minimum absolute atomic E-state index is 0.316. The number of aromatic nitrogens is 2. The van der Waals surface area contributed by atoms with Crippen LogP contribution in [-0.4, -0.2) is 14.9 Å². The van der Waals surface area contributed by atoms with E-state index in [-0.39, 0.29) is 6.10 Å². The van der Waals surface area contributed by atoms with Gasteiger partial charge in [-0.15, -0.1) is 0 Å². The number of rotatable bonds is 5. The molecule has 0 aliphatic heterocycles. The van der Waals surface area contributed by atoms with Gasteiger partial charge < -0.3 is 5.11 Å². The maximum absolute atomic E-state index is 10.4. The van der Waals surface area contributed by atoms with Crippen molar-refractivity contribution in [3.05, 3.63) is 18.0 Å². The van der Waals surface area contributed by atoms with Crippen LogP contribution in [0.4, 0.5) is 0 Å². The fourth-order valence-corrected chi connectivity index (χ4v) is 4.10. The molecule has 18 heavy (non-hydrogen) atoms. The monoisotopic (exact) mass is 248 g/mol. The third kappa shape index (κ3) is 2.20. The van der Waals surface area contributed by atoms with E-state index >= 15 is 0 Å². The molecule has 100 valence electrons. The second-order valence-corrected chi connectivity index (χ2v) is 6.17. The molecule has 4 unspecified atom stereocenters. The van der Waals surface area contributed by atoms with Crippen LogP contribution in [0.25, 0.3) is 0 Å². The van der Waals surface area contributed by atoms with E-state index < -0.39 is 0 Å². The van der Waals surface area contributed by atoms with E-state index in [1.807, 2.05) is 16.9 Å². The van der Waals surface area contributed by atoms with Gasteiger partial charge in [0.1, 0.15) is 0 Å². The number of aliphatic hydroxyl groups is 1. The van der Waals surface area contributed by atoms with Crippen molar-refractivity contribution in [2.45, 2.75) is 58.1 Å². The molecule has 0 spiro atoms. The van der Waals surface area contributed by atoms with Crippen molar-refractivity contribution < 1.29 is 5.11 Å². The molecule has 4 atom stereocenters. The number of hydrogen-bond donors (Lipinski definition) is 1. The fraction of sp³-hybridized carbons (Fsp3) is 0.800. The topological polar surface area (TPSA) is 38.0 Å². The minimum Gasteiger partial charge on any atom is -0.387 e. The Bertz CT molecular complexity index is 401. The first kappa shape index (κ1) is 12.2. The van der Waals surface area contributed by atoms with Gasteiger partial charge in [0.05, 0.1) is 11.8 Å². The molecule has 2 saturated carbocycles. The van der Waals surface area contributed by atoms with Crippen molar-refractivity contribution in [3.8, 4) is 0 Å². The van der Waals surface area contributed by atoms with Crippen LogP contribution < -0.4 is 0 Å². The molecule has 1 aromatic rings. The molecule has 3 heteroatoms. The van der Waals surface area contributed by atoms with E-state index in [2.05, 4.69) is 12.0 Å². The lowest BCUT2D eigenvalue weighted by Crippen LogP contribution is -2.16. The highest BCUT2D eigenvalue weighted by Crippen LogP contribution is 2.50. The Labute approximate surface area is 109 Å². The molecule has 2 bridgehead atoms. The Balaban J connectivity index is 1.63. The molecule has 0 amide bonds. The Morgan fingerprint density at radius 3 is 3.00 bits per heavy atom. The number of aryl methyl sites for hydroxylation is 1. The molecule has 1 heterocycles. The van der Waals surface area contributed by atoms with Crippen LogP contribution in [0.3, 0.4) is 0 Å². The first-order valence-corrected chi connectivity index (χ1v) is 7.47. The molecule has 3 rings (SSSR count). The van der Waals surface area contributed by atoms with Crippen LogP contribution >= 0.6 is 0 Å². The first-order chi connectivity index (χ1) is 8.78. The lowest BCUT2D eigenvalue weighted by molar-refractivity contribution is 0.117. The van der Waals surface area contributed by atoms with E-state index in [0.717, 1.165) is 42.8 Å². The Kier molecular flexibility index (Phi) is 3.42. The van der Waals surface area contributed by atoms with Crippen LogP contribution in [0.1, 0.15) is 57.2 Å². The van der Waals surface area contributed by atoms with Crippen molar-refractivity contribution in [3.63, 3.8) is 0 Å². The molecule has 2 aliphatic rings. The molecule has 1 N–H and O–H groups in total. The summed E-state index contributed by atoms with van der Waals surface area (Å²) in [5.41, 5.74) is 1.01. The standard InChI is InChI=1S/C15H24N2O/c1-2-7-17-14(5-6-16-17)15(18)10-13-9-11-3-4-12(13)8-11/h5-6,11-13,15,18H,2-4,7-10H2,1H3. The van der Waals surface area contributed by atoms with Crippen LogP contribution in [0.5, 0.6) is 0 Å². The minimum atomic E-state index is -0.316. The average molecular weight is 248 g/mol. The molecule has 1 aromatic heterocycles. The summed E-state index contributed by atoms with van der Waals surface area (Å²) in [6, 6.07) is 1.98. The zero-order valence-electron chi connectivity index (χ0n) is 11.3. The van der Waals surface area contributed by atoms with E-state index in [9.17, 15) is 5.11 Å². The molecular weight excluding hydrogens is 224 g/mol. The van der Waals surface area contributed by atoms with Crippen molar-refractivity contribution in [1.82, 2.24) is 9.78 Å². The molecule has 2 aliphatic carbocycles. The summed E-state index contributed by atoms with van der Waals surface area (Å²) < 4.78 is 1.97. The smallest absolute Gasteiger partial charge is 0.0959 e. The number of nitrogens with zero attached hydrogens (tertiary/aromatic N) is 2. The average Bonchev–Trinajstić information content (AvgIpc) is 3.04. The highest BCUT2D eigenvalue weighted by molar-refractivity contribution is 5.05. The Hall–Kier alpha value is -0.830. The summed E-state index contributed by atoms with van der Waals surface area (Å²) in [7, 11) is 0. The van der Waals surface area contributed by atoms with Crippen LogP contribution in [-0.2, 0) is 6.54 Å². The quantitative estimate of drug-likeness (QED) is 0.869.